The van der Waals surface area contributed by atoms with Crippen LogP contribution in [0.25, 0.3) is 0 Å². The predicted octanol–water partition coefficient (Wildman–Crippen LogP) is -0.484. The predicted molar refractivity (Wildman–Crippen MR) is 47.0 cm³/mol. The Hall–Kier alpha value is -1.69. The molecule has 1 aromatic heterocycles. The first-order chi connectivity index (χ1) is 6.16. The Morgan fingerprint density at radius 3 is 3.15 bits per heavy atom. The summed E-state index contributed by atoms with van der Waals surface area (Å²) >= 11 is 0. The molecule has 1 aromatic rings. The second-order valence-electron chi connectivity index (χ2n) is 2.76. The Kier molecular flexibility index (Phi) is 1.63. The fourth-order valence-corrected chi connectivity index (χ4v) is 1.12. The van der Waals surface area contributed by atoms with E-state index in [4.69, 9.17) is 5.73 Å². The van der Waals surface area contributed by atoms with Gasteiger partial charge in [-0.15, -0.1) is 0 Å². The quantitative estimate of drug-likeness (QED) is 0.499. The Morgan fingerprint density at radius 1 is 1.62 bits per heavy atom. The number of nitrogens with zero attached hydrogens (tertiary/aromatic N) is 3. The maximum atomic E-state index is 9.45. The monoisotopic (exact) mass is 179 g/mol. The number of hydrogen-bond acceptors (Lipinski definition) is 6. The minimum atomic E-state index is -1.01. The first-order valence-electron chi connectivity index (χ1n) is 3.79. The van der Waals surface area contributed by atoms with Crippen LogP contribution in [0.15, 0.2) is 11.2 Å². The third kappa shape index (κ3) is 1.31. The van der Waals surface area contributed by atoms with E-state index in [1.54, 1.807) is 13.1 Å². The number of anilines is 1. The third-order valence-electron chi connectivity index (χ3n) is 1.67. The van der Waals surface area contributed by atoms with Gasteiger partial charge in [0.15, 0.2) is 18.0 Å². The lowest BCUT2D eigenvalue weighted by Gasteiger charge is -2.17. The highest BCUT2D eigenvalue weighted by molar-refractivity contribution is 5.93. The van der Waals surface area contributed by atoms with Crippen LogP contribution < -0.4 is 11.1 Å². The van der Waals surface area contributed by atoms with Crippen LogP contribution in [0.1, 0.15) is 17.6 Å². The number of rotatable bonds is 0. The molecule has 0 saturated carbocycles. The van der Waals surface area contributed by atoms with Gasteiger partial charge in [0, 0.05) is 0 Å². The summed E-state index contributed by atoms with van der Waals surface area (Å²) < 4.78 is 0. The van der Waals surface area contributed by atoms with Gasteiger partial charge in [-0.25, -0.2) is 15.0 Å². The number of guanidine groups is 1. The third-order valence-corrected chi connectivity index (χ3v) is 1.67. The van der Waals surface area contributed by atoms with E-state index in [-0.39, 0.29) is 5.96 Å². The SMILES string of the molecule is Cc1cnc2c(n1)C(O)N=C(N)N2. The number of nitrogens with one attached hydrogen (secondary N) is 1. The van der Waals surface area contributed by atoms with E-state index in [1.807, 2.05) is 0 Å². The minimum absolute atomic E-state index is 0.151. The number of aliphatic hydroxyl groups excluding tert-OH is 1. The second-order valence-corrected chi connectivity index (χ2v) is 2.76. The average Bonchev–Trinajstić information content (AvgIpc) is 2.06. The molecule has 1 unspecified atom stereocenters. The Morgan fingerprint density at radius 2 is 2.38 bits per heavy atom. The van der Waals surface area contributed by atoms with Gasteiger partial charge in [-0.3, -0.25) is 0 Å². The van der Waals surface area contributed by atoms with Gasteiger partial charge < -0.3 is 16.2 Å². The summed E-state index contributed by atoms with van der Waals surface area (Å²) in [6.07, 6.45) is 0.584. The van der Waals surface area contributed by atoms with Crippen molar-refractivity contribution in [2.75, 3.05) is 5.32 Å². The molecular weight excluding hydrogens is 170 g/mol. The molecule has 0 radical (unpaired) electrons. The summed E-state index contributed by atoms with van der Waals surface area (Å²) in [4.78, 5) is 11.8. The van der Waals surface area contributed by atoms with Crippen molar-refractivity contribution >= 4 is 11.8 Å². The van der Waals surface area contributed by atoms with Crippen molar-refractivity contribution in [2.45, 2.75) is 13.2 Å². The van der Waals surface area contributed by atoms with E-state index in [0.29, 0.717) is 11.5 Å². The maximum absolute atomic E-state index is 9.45. The lowest BCUT2D eigenvalue weighted by molar-refractivity contribution is 0.182. The molecule has 0 amide bonds. The van der Waals surface area contributed by atoms with Crippen molar-refractivity contribution in [3.8, 4) is 0 Å². The maximum Gasteiger partial charge on any atom is 0.197 e. The summed E-state index contributed by atoms with van der Waals surface area (Å²) in [5.41, 5.74) is 6.53. The summed E-state index contributed by atoms with van der Waals surface area (Å²) in [6, 6.07) is 0. The molecule has 0 saturated heterocycles. The zero-order chi connectivity index (χ0) is 9.42. The van der Waals surface area contributed by atoms with Gasteiger partial charge in [-0.1, -0.05) is 0 Å². The van der Waals surface area contributed by atoms with Gasteiger partial charge in [-0.05, 0) is 6.92 Å². The van der Waals surface area contributed by atoms with Crippen LogP contribution in [0.3, 0.4) is 0 Å². The zero-order valence-electron chi connectivity index (χ0n) is 7.02. The summed E-state index contributed by atoms with van der Waals surface area (Å²) in [5, 5.41) is 12.2. The number of fused-ring (bicyclic) bond motifs is 1. The Balaban J connectivity index is 2.50. The standard InChI is InChI=1S/C7H9N5O/c1-3-2-9-5-4(10-3)6(13)12-7(8)11-5/h2,6,13H,1H3,(H3,8,9,11,12). The van der Waals surface area contributed by atoms with Gasteiger partial charge in [0.1, 0.15) is 5.69 Å². The normalized spacial score (nSPS) is 20.2. The number of aliphatic hydroxyl groups is 1. The first-order valence-corrected chi connectivity index (χ1v) is 3.79. The van der Waals surface area contributed by atoms with Crippen molar-refractivity contribution in [3.63, 3.8) is 0 Å². The van der Waals surface area contributed by atoms with Crippen molar-refractivity contribution in [1.82, 2.24) is 9.97 Å². The molecule has 2 rings (SSSR count). The summed E-state index contributed by atoms with van der Waals surface area (Å²) in [7, 11) is 0. The summed E-state index contributed by atoms with van der Waals surface area (Å²) in [5.74, 6) is 0.615. The molecule has 4 N–H and O–H groups in total. The van der Waals surface area contributed by atoms with Crippen LogP contribution in [0.2, 0.25) is 0 Å². The van der Waals surface area contributed by atoms with E-state index >= 15 is 0 Å². The van der Waals surface area contributed by atoms with Crippen LogP contribution in [0, 0.1) is 6.92 Å². The van der Waals surface area contributed by atoms with Crippen molar-refractivity contribution in [1.29, 1.82) is 0 Å². The van der Waals surface area contributed by atoms with Gasteiger partial charge in [0.05, 0.1) is 11.9 Å². The van der Waals surface area contributed by atoms with Gasteiger partial charge in [0.25, 0.3) is 0 Å². The van der Waals surface area contributed by atoms with Gasteiger partial charge in [-0.2, -0.15) is 0 Å². The summed E-state index contributed by atoms with van der Waals surface area (Å²) in [6.45, 7) is 1.79. The van der Waals surface area contributed by atoms with E-state index in [9.17, 15) is 5.11 Å². The Labute approximate surface area is 74.5 Å². The largest absolute Gasteiger partial charge is 0.370 e. The first kappa shape index (κ1) is 7.93. The molecule has 6 nitrogen and oxygen atoms in total. The van der Waals surface area contributed by atoms with E-state index in [2.05, 4.69) is 20.3 Å². The highest BCUT2D eigenvalue weighted by Crippen LogP contribution is 2.22. The highest BCUT2D eigenvalue weighted by Gasteiger charge is 2.20. The minimum Gasteiger partial charge on any atom is -0.370 e. The van der Waals surface area contributed by atoms with E-state index < -0.39 is 6.23 Å². The number of hydrogen-bond donors (Lipinski definition) is 3. The van der Waals surface area contributed by atoms with Crippen molar-refractivity contribution < 1.29 is 5.11 Å². The number of aryl methyl sites for hydroxylation is 1. The molecule has 0 aromatic carbocycles. The average molecular weight is 179 g/mol. The molecule has 0 aliphatic carbocycles. The molecule has 1 aliphatic heterocycles. The molecule has 1 aliphatic rings. The lowest BCUT2D eigenvalue weighted by atomic mass is 10.3. The number of nitrogens with two attached hydrogens (primary N) is 1. The number of aromatic nitrogens is 2. The zero-order valence-corrected chi connectivity index (χ0v) is 7.02. The molecular formula is C7H9N5O. The Bertz CT molecular complexity index is 375. The van der Waals surface area contributed by atoms with Crippen LogP contribution in [-0.4, -0.2) is 21.0 Å². The smallest absolute Gasteiger partial charge is 0.197 e. The molecule has 0 bridgehead atoms. The van der Waals surface area contributed by atoms with Gasteiger partial charge >= 0.3 is 0 Å². The van der Waals surface area contributed by atoms with Crippen LogP contribution in [0.5, 0.6) is 0 Å². The number of aliphatic imine (C=N–C) groups is 1. The molecule has 0 spiro atoms. The van der Waals surface area contributed by atoms with Crippen LogP contribution >= 0.6 is 0 Å². The highest BCUT2D eigenvalue weighted by atomic mass is 16.3. The lowest BCUT2D eigenvalue weighted by Crippen LogP contribution is -2.29. The molecule has 0 fully saturated rings. The molecule has 1 atom stereocenters. The van der Waals surface area contributed by atoms with Crippen molar-refractivity contribution in [3.05, 3.63) is 17.6 Å². The molecule has 2 heterocycles. The van der Waals surface area contributed by atoms with E-state index in [1.165, 1.54) is 0 Å². The second kappa shape index (κ2) is 2.67. The molecule has 6 heteroatoms. The fourth-order valence-electron chi connectivity index (χ4n) is 1.12. The fraction of sp³-hybridized carbons (Fsp3) is 0.286. The van der Waals surface area contributed by atoms with Crippen molar-refractivity contribution in [2.24, 2.45) is 10.7 Å². The molecule has 68 valence electrons. The topological polar surface area (TPSA) is 96.4 Å². The van der Waals surface area contributed by atoms with Crippen LogP contribution in [0.4, 0.5) is 5.82 Å². The molecule has 13 heavy (non-hydrogen) atoms. The van der Waals surface area contributed by atoms with E-state index in [0.717, 1.165) is 5.69 Å². The van der Waals surface area contributed by atoms with Gasteiger partial charge in [0.2, 0.25) is 0 Å². The van der Waals surface area contributed by atoms with Crippen LogP contribution in [-0.2, 0) is 0 Å².